The molecule has 2 aromatic heterocycles. The molecule has 0 bridgehead atoms. The van der Waals surface area contributed by atoms with Crippen LogP contribution < -0.4 is 5.32 Å². The second-order valence-electron chi connectivity index (χ2n) is 5.54. The molecule has 0 aliphatic heterocycles. The Kier molecular flexibility index (Phi) is 5.03. The summed E-state index contributed by atoms with van der Waals surface area (Å²) in [5, 5.41) is 3.50. The first kappa shape index (κ1) is 14.3. The van der Waals surface area contributed by atoms with E-state index in [2.05, 4.69) is 10.3 Å². The highest BCUT2D eigenvalue weighted by molar-refractivity contribution is 5.16. The summed E-state index contributed by atoms with van der Waals surface area (Å²) in [5.74, 6) is 0.951. The number of furan rings is 1. The molecule has 21 heavy (non-hydrogen) atoms. The van der Waals surface area contributed by atoms with Crippen LogP contribution in [0, 0.1) is 0 Å². The molecule has 0 aromatic carbocycles. The first-order valence-electron chi connectivity index (χ1n) is 7.67. The SMILES string of the molecule is c1cc(CCCOCc2occc2CNC2CC2)ccn1. The number of ether oxygens (including phenoxy) is 1. The predicted octanol–water partition coefficient (Wildman–Crippen LogP) is 3.08. The van der Waals surface area contributed by atoms with Crippen molar-refractivity contribution < 1.29 is 9.15 Å². The van der Waals surface area contributed by atoms with Gasteiger partial charge in [0.25, 0.3) is 0 Å². The summed E-state index contributed by atoms with van der Waals surface area (Å²) in [5.41, 5.74) is 2.52. The Morgan fingerprint density at radius 3 is 2.90 bits per heavy atom. The van der Waals surface area contributed by atoms with E-state index < -0.39 is 0 Å². The monoisotopic (exact) mass is 286 g/mol. The summed E-state index contributed by atoms with van der Waals surface area (Å²) < 4.78 is 11.2. The summed E-state index contributed by atoms with van der Waals surface area (Å²) in [6.45, 7) is 2.19. The molecule has 0 spiro atoms. The van der Waals surface area contributed by atoms with Gasteiger partial charge in [0.05, 0.1) is 6.26 Å². The van der Waals surface area contributed by atoms with Crippen LogP contribution in [0.2, 0.25) is 0 Å². The van der Waals surface area contributed by atoms with Crippen LogP contribution in [0.1, 0.15) is 36.1 Å². The van der Waals surface area contributed by atoms with Gasteiger partial charge in [-0.05, 0) is 49.4 Å². The third-order valence-corrected chi connectivity index (χ3v) is 3.73. The third-order valence-electron chi connectivity index (χ3n) is 3.73. The van der Waals surface area contributed by atoms with E-state index in [1.54, 1.807) is 6.26 Å². The normalized spacial score (nSPS) is 14.5. The van der Waals surface area contributed by atoms with Crippen molar-refractivity contribution in [2.75, 3.05) is 6.61 Å². The maximum Gasteiger partial charge on any atom is 0.133 e. The van der Waals surface area contributed by atoms with Crippen LogP contribution >= 0.6 is 0 Å². The maximum absolute atomic E-state index is 5.73. The Bertz CT molecular complexity index is 535. The highest BCUT2D eigenvalue weighted by atomic mass is 16.5. The molecule has 0 unspecified atom stereocenters. The van der Waals surface area contributed by atoms with Crippen LogP contribution in [0.3, 0.4) is 0 Å². The van der Waals surface area contributed by atoms with Gasteiger partial charge in [-0.15, -0.1) is 0 Å². The van der Waals surface area contributed by atoms with Crippen LogP contribution in [0.25, 0.3) is 0 Å². The molecule has 1 saturated carbocycles. The molecule has 1 aliphatic rings. The molecule has 0 radical (unpaired) electrons. The van der Waals surface area contributed by atoms with E-state index in [1.165, 1.54) is 24.0 Å². The van der Waals surface area contributed by atoms with Crippen molar-refractivity contribution in [3.05, 3.63) is 53.7 Å². The van der Waals surface area contributed by atoms with E-state index in [1.807, 2.05) is 30.6 Å². The zero-order valence-corrected chi connectivity index (χ0v) is 12.3. The number of hydrogen-bond acceptors (Lipinski definition) is 4. The van der Waals surface area contributed by atoms with E-state index in [-0.39, 0.29) is 0 Å². The molecule has 1 aliphatic carbocycles. The molecular weight excluding hydrogens is 264 g/mol. The molecule has 1 N–H and O–H groups in total. The molecule has 4 nitrogen and oxygen atoms in total. The molecule has 0 saturated heterocycles. The van der Waals surface area contributed by atoms with Gasteiger partial charge in [0.1, 0.15) is 12.4 Å². The standard InChI is InChI=1S/C17H22N2O2/c1(2-14-5-8-18-9-6-14)10-20-13-17-15(7-11-21-17)12-19-16-3-4-16/h5-9,11,16,19H,1-4,10,12-13H2. The lowest BCUT2D eigenvalue weighted by Gasteiger charge is -2.06. The summed E-state index contributed by atoms with van der Waals surface area (Å²) in [6.07, 6.45) is 10.1. The van der Waals surface area contributed by atoms with Crippen molar-refractivity contribution in [1.82, 2.24) is 10.3 Å². The number of nitrogens with one attached hydrogen (secondary N) is 1. The quantitative estimate of drug-likeness (QED) is 0.720. The number of hydrogen-bond donors (Lipinski definition) is 1. The van der Waals surface area contributed by atoms with Crippen LogP contribution in [0.4, 0.5) is 0 Å². The smallest absolute Gasteiger partial charge is 0.133 e. The van der Waals surface area contributed by atoms with E-state index >= 15 is 0 Å². The van der Waals surface area contributed by atoms with Gasteiger partial charge in [0.15, 0.2) is 0 Å². The van der Waals surface area contributed by atoms with Crippen molar-refractivity contribution >= 4 is 0 Å². The molecule has 1 fully saturated rings. The zero-order valence-electron chi connectivity index (χ0n) is 12.3. The first-order chi connectivity index (χ1) is 10.4. The van der Waals surface area contributed by atoms with Crippen molar-refractivity contribution in [2.24, 2.45) is 0 Å². The Hall–Kier alpha value is -1.65. The van der Waals surface area contributed by atoms with Crippen LogP contribution in [0.15, 0.2) is 41.3 Å². The Morgan fingerprint density at radius 1 is 1.24 bits per heavy atom. The van der Waals surface area contributed by atoms with Crippen LogP contribution in [-0.2, 0) is 24.3 Å². The molecular formula is C17H22N2O2. The average Bonchev–Trinajstić information content (AvgIpc) is 3.25. The number of aromatic nitrogens is 1. The molecule has 3 rings (SSSR count). The minimum absolute atomic E-state index is 0.561. The minimum Gasteiger partial charge on any atom is -0.467 e. The molecule has 112 valence electrons. The summed E-state index contributed by atoms with van der Waals surface area (Å²) >= 11 is 0. The van der Waals surface area contributed by atoms with E-state index in [9.17, 15) is 0 Å². The van der Waals surface area contributed by atoms with Crippen molar-refractivity contribution in [3.8, 4) is 0 Å². The van der Waals surface area contributed by atoms with Gasteiger partial charge in [-0.25, -0.2) is 0 Å². The van der Waals surface area contributed by atoms with Crippen molar-refractivity contribution in [3.63, 3.8) is 0 Å². The van der Waals surface area contributed by atoms with Crippen molar-refractivity contribution in [1.29, 1.82) is 0 Å². The van der Waals surface area contributed by atoms with Gasteiger partial charge in [0, 0.05) is 37.2 Å². The van der Waals surface area contributed by atoms with Crippen molar-refractivity contribution in [2.45, 2.75) is 44.9 Å². The zero-order chi connectivity index (χ0) is 14.3. The van der Waals surface area contributed by atoms with Gasteiger partial charge in [0.2, 0.25) is 0 Å². The number of aryl methyl sites for hydroxylation is 1. The summed E-state index contributed by atoms with van der Waals surface area (Å²) in [6, 6.07) is 6.85. The fourth-order valence-corrected chi connectivity index (χ4v) is 2.29. The third kappa shape index (κ3) is 4.69. The summed E-state index contributed by atoms with van der Waals surface area (Å²) in [4.78, 5) is 4.02. The van der Waals surface area contributed by atoms with Crippen LogP contribution in [0.5, 0.6) is 0 Å². The van der Waals surface area contributed by atoms with Crippen LogP contribution in [-0.4, -0.2) is 17.6 Å². The topological polar surface area (TPSA) is 47.3 Å². The summed E-state index contributed by atoms with van der Waals surface area (Å²) in [7, 11) is 0. The average molecular weight is 286 g/mol. The number of pyridine rings is 1. The highest BCUT2D eigenvalue weighted by Crippen LogP contribution is 2.20. The number of rotatable bonds is 9. The molecule has 2 aromatic rings. The molecule has 0 atom stereocenters. The predicted molar refractivity (Wildman–Crippen MR) is 80.8 cm³/mol. The first-order valence-corrected chi connectivity index (χ1v) is 7.67. The fourth-order valence-electron chi connectivity index (χ4n) is 2.29. The number of nitrogens with zero attached hydrogens (tertiary/aromatic N) is 1. The maximum atomic E-state index is 5.73. The Morgan fingerprint density at radius 2 is 2.10 bits per heavy atom. The molecule has 0 amide bonds. The largest absolute Gasteiger partial charge is 0.467 e. The minimum atomic E-state index is 0.561. The van der Waals surface area contributed by atoms with Gasteiger partial charge >= 0.3 is 0 Å². The van der Waals surface area contributed by atoms with E-state index in [0.29, 0.717) is 12.6 Å². The second kappa shape index (κ2) is 7.38. The lowest BCUT2D eigenvalue weighted by Crippen LogP contribution is -2.15. The fraction of sp³-hybridized carbons (Fsp3) is 0.471. The molecule has 4 heteroatoms. The lowest BCUT2D eigenvalue weighted by molar-refractivity contribution is 0.103. The molecule has 2 heterocycles. The highest BCUT2D eigenvalue weighted by Gasteiger charge is 2.20. The van der Waals surface area contributed by atoms with Gasteiger partial charge in [-0.1, -0.05) is 0 Å². The van der Waals surface area contributed by atoms with E-state index in [0.717, 1.165) is 31.8 Å². The second-order valence-corrected chi connectivity index (χ2v) is 5.54. The van der Waals surface area contributed by atoms with E-state index in [4.69, 9.17) is 9.15 Å². The van der Waals surface area contributed by atoms with Gasteiger partial charge in [-0.3, -0.25) is 4.98 Å². The van der Waals surface area contributed by atoms with Gasteiger partial charge in [-0.2, -0.15) is 0 Å². The Labute approximate surface area is 125 Å². The lowest BCUT2D eigenvalue weighted by atomic mass is 10.1. The Balaban J connectivity index is 1.34. The van der Waals surface area contributed by atoms with Gasteiger partial charge < -0.3 is 14.5 Å².